The van der Waals surface area contributed by atoms with Crippen LogP contribution >= 0.6 is 0 Å². The van der Waals surface area contributed by atoms with Crippen LogP contribution in [0.2, 0.25) is 0 Å². The SMILES string of the molecule is O=C(OCc1ccccc1)N1c2cc(F)ccc2[C@H](NC2CC2)[C@H]2CCC[C@H]21. The Balaban J connectivity index is 1.45. The lowest BCUT2D eigenvalue weighted by Gasteiger charge is -2.43. The Morgan fingerprint density at radius 1 is 1.11 bits per heavy atom. The van der Waals surface area contributed by atoms with Crippen molar-refractivity contribution in [2.75, 3.05) is 4.90 Å². The fourth-order valence-electron chi connectivity index (χ4n) is 4.82. The molecule has 1 heterocycles. The van der Waals surface area contributed by atoms with Crippen LogP contribution < -0.4 is 10.2 Å². The number of fused-ring (bicyclic) bond motifs is 2. The normalized spacial score (nSPS) is 25.9. The molecule has 2 aromatic carbocycles. The largest absolute Gasteiger partial charge is 0.444 e. The molecule has 2 fully saturated rings. The maximum atomic E-state index is 14.1. The fraction of sp³-hybridized carbons (Fsp3) is 0.435. The highest BCUT2D eigenvalue weighted by Crippen LogP contribution is 2.49. The first-order chi connectivity index (χ1) is 13.7. The van der Waals surface area contributed by atoms with Crippen LogP contribution in [0.1, 0.15) is 49.3 Å². The molecule has 3 atom stereocenters. The summed E-state index contributed by atoms with van der Waals surface area (Å²) in [6.07, 6.45) is 5.12. The van der Waals surface area contributed by atoms with Crippen LogP contribution in [0.3, 0.4) is 0 Å². The summed E-state index contributed by atoms with van der Waals surface area (Å²) in [5.74, 6) is 0.0315. The van der Waals surface area contributed by atoms with Gasteiger partial charge in [0.25, 0.3) is 0 Å². The second-order valence-corrected chi connectivity index (χ2v) is 8.19. The Morgan fingerprint density at radius 2 is 1.93 bits per heavy atom. The number of nitrogens with zero attached hydrogens (tertiary/aromatic N) is 1. The molecule has 0 spiro atoms. The Labute approximate surface area is 164 Å². The van der Waals surface area contributed by atoms with Gasteiger partial charge >= 0.3 is 6.09 Å². The maximum absolute atomic E-state index is 14.1. The van der Waals surface area contributed by atoms with E-state index in [9.17, 15) is 9.18 Å². The molecule has 2 saturated carbocycles. The number of benzene rings is 2. The highest BCUT2D eigenvalue weighted by molar-refractivity contribution is 5.90. The van der Waals surface area contributed by atoms with Crippen LogP contribution in [-0.4, -0.2) is 18.2 Å². The summed E-state index contributed by atoms with van der Waals surface area (Å²) >= 11 is 0. The average molecular weight is 380 g/mol. The van der Waals surface area contributed by atoms with Crippen LogP contribution in [-0.2, 0) is 11.3 Å². The number of hydrogen-bond donors (Lipinski definition) is 1. The standard InChI is InChI=1S/C23H25FN2O2/c24-16-9-12-19-21(13-16)26(23(27)28-14-15-5-2-1-3-6-15)20-8-4-7-18(20)22(19)25-17-10-11-17/h1-3,5-6,9,12-13,17-18,20,22,25H,4,7-8,10-11,14H2/t18-,20+,22+/m0/s1. The van der Waals surface area contributed by atoms with Gasteiger partial charge in [0, 0.05) is 18.1 Å². The number of carbonyl (C=O) groups is 1. The van der Waals surface area contributed by atoms with E-state index in [4.69, 9.17) is 4.74 Å². The monoisotopic (exact) mass is 380 g/mol. The molecule has 0 saturated heterocycles. The molecule has 5 rings (SSSR count). The van der Waals surface area contributed by atoms with Gasteiger partial charge in [0.2, 0.25) is 0 Å². The zero-order valence-electron chi connectivity index (χ0n) is 15.8. The summed E-state index contributed by atoms with van der Waals surface area (Å²) in [7, 11) is 0. The Morgan fingerprint density at radius 3 is 2.71 bits per heavy atom. The quantitative estimate of drug-likeness (QED) is 0.816. The molecule has 0 aromatic heterocycles. The van der Waals surface area contributed by atoms with E-state index in [0.717, 1.165) is 30.4 Å². The third-order valence-corrected chi connectivity index (χ3v) is 6.27. The number of nitrogens with one attached hydrogen (secondary N) is 1. The van der Waals surface area contributed by atoms with E-state index in [-0.39, 0.29) is 30.6 Å². The summed E-state index contributed by atoms with van der Waals surface area (Å²) in [6.45, 7) is 0.224. The van der Waals surface area contributed by atoms with E-state index >= 15 is 0 Å². The number of anilines is 1. The molecule has 146 valence electrons. The Kier molecular flexibility index (Phi) is 4.55. The first-order valence-electron chi connectivity index (χ1n) is 10.3. The lowest BCUT2D eigenvalue weighted by molar-refractivity contribution is 0.140. The van der Waals surface area contributed by atoms with Crippen LogP contribution in [0.4, 0.5) is 14.9 Å². The number of halogens is 1. The van der Waals surface area contributed by atoms with Crippen molar-refractivity contribution in [3.63, 3.8) is 0 Å². The summed E-state index contributed by atoms with van der Waals surface area (Å²) in [6, 6.07) is 15.3. The predicted octanol–water partition coefficient (Wildman–Crippen LogP) is 4.94. The van der Waals surface area contributed by atoms with Crippen LogP contribution in [0.25, 0.3) is 0 Å². The molecule has 0 radical (unpaired) electrons. The maximum Gasteiger partial charge on any atom is 0.414 e. The van der Waals surface area contributed by atoms with Gasteiger partial charge in [-0.2, -0.15) is 0 Å². The first-order valence-corrected chi connectivity index (χ1v) is 10.3. The zero-order chi connectivity index (χ0) is 19.1. The number of carbonyl (C=O) groups excluding carboxylic acids is 1. The lowest BCUT2D eigenvalue weighted by Crippen LogP contribution is -2.51. The molecule has 3 aliphatic rings. The molecule has 1 aliphatic heterocycles. The van der Waals surface area contributed by atoms with Crippen molar-refractivity contribution in [3.8, 4) is 0 Å². The van der Waals surface area contributed by atoms with Gasteiger partial charge in [-0.25, -0.2) is 9.18 Å². The highest BCUT2D eigenvalue weighted by Gasteiger charge is 2.47. The second kappa shape index (κ2) is 7.21. The van der Waals surface area contributed by atoms with Crippen molar-refractivity contribution >= 4 is 11.8 Å². The van der Waals surface area contributed by atoms with Gasteiger partial charge in [-0.1, -0.05) is 42.8 Å². The predicted molar refractivity (Wildman–Crippen MR) is 106 cm³/mol. The van der Waals surface area contributed by atoms with Gasteiger partial charge in [0.1, 0.15) is 12.4 Å². The molecule has 1 N–H and O–H groups in total. The molecule has 0 unspecified atom stereocenters. The van der Waals surface area contributed by atoms with E-state index < -0.39 is 0 Å². The van der Waals surface area contributed by atoms with Gasteiger partial charge < -0.3 is 10.1 Å². The van der Waals surface area contributed by atoms with Gasteiger partial charge in [0.05, 0.1) is 5.69 Å². The van der Waals surface area contributed by atoms with Crippen molar-refractivity contribution in [3.05, 3.63) is 65.5 Å². The van der Waals surface area contributed by atoms with E-state index in [1.54, 1.807) is 4.90 Å². The summed E-state index contributed by atoms with van der Waals surface area (Å²) in [4.78, 5) is 14.8. The molecule has 2 aliphatic carbocycles. The number of amides is 1. The molecule has 4 nitrogen and oxygen atoms in total. The molecular formula is C23H25FN2O2. The van der Waals surface area contributed by atoms with Crippen molar-refractivity contribution in [1.29, 1.82) is 0 Å². The van der Waals surface area contributed by atoms with E-state index in [2.05, 4.69) is 5.32 Å². The number of hydrogen-bond acceptors (Lipinski definition) is 3. The molecule has 0 bridgehead atoms. The average Bonchev–Trinajstić information content (AvgIpc) is 3.40. The molecule has 28 heavy (non-hydrogen) atoms. The third-order valence-electron chi connectivity index (χ3n) is 6.27. The van der Waals surface area contributed by atoms with Crippen molar-refractivity contribution < 1.29 is 13.9 Å². The second-order valence-electron chi connectivity index (χ2n) is 8.19. The van der Waals surface area contributed by atoms with E-state index in [1.165, 1.54) is 25.0 Å². The molecular weight excluding hydrogens is 355 g/mol. The summed E-state index contributed by atoms with van der Waals surface area (Å²) in [5.41, 5.74) is 2.64. The van der Waals surface area contributed by atoms with Crippen LogP contribution in [0, 0.1) is 11.7 Å². The molecule has 2 aromatic rings. The van der Waals surface area contributed by atoms with Gasteiger partial charge in [0.15, 0.2) is 0 Å². The zero-order valence-corrected chi connectivity index (χ0v) is 15.8. The highest BCUT2D eigenvalue weighted by atomic mass is 19.1. The topological polar surface area (TPSA) is 41.6 Å². The van der Waals surface area contributed by atoms with Gasteiger partial charge in [-0.3, -0.25) is 4.90 Å². The minimum absolute atomic E-state index is 0.0637. The van der Waals surface area contributed by atoms with Gasteiger partial charge in [-0.15, -0.1) is 0 Å². The van der Waals surface area contributed by atoms with E-state index in [1.807, 2.05) is 36.4 Å². The lowest BCUT2D eigenvalue weighted by atomic mass is 9.83. The first kappa shape index (κ1) is 17.7. The number of rotatable bonds is 4. The summed E-state index contributed by atoms with van der Waals surface area (Å²) in [5, 5.41) is 3.76. The minimum Gasteiger partial charge on any atom is -0.444 e. The Bertz CT molecular complexity index is 868. The number of ether oxygens (including phenoxy) is 1. The Hall–Kier alpha value is -2.40. The van der Waals surface area contributed by atoms with Crippen molar-refractivity contribution in [2.45, 2.75) is 56.8 Å². The minimum atomic E-state index is -0.377. The fourth-order valence-corrected chi connectivity index (χ4v) is 4.82. The van der Waals surface area contributed by atoms with Crippen molar-refractivity contribution in [1.82, 2.24) is 5.32 Å². The summed E-state index contributed by atoms with van der Waals surface area (Å²) < 4.78 is 19.8. The molecule has 5 heteroatoms. The van der Waals surface area contributed by atoms with E-state index in [0.29, 0.717) is 17.6 Å². The molecule has 1 amide bonds. The van der Waals surface area contributed by atoms with Crippen molar-refractivity contribution in [2.24, 2.45) is 5.92 Å². The van der Waals surface area contributed by atoms with Gasteiger partial charge in [-0.05, 0) is 54.9 Å². The third kappa shape index (κ3) is 3.28. The van der Waals surface area contributed by atoms with Crippen LogP contribution in [0.5, 0.6) is 0 Å². The smallest absolute Gasteiger partial charge is 0.414 e. The van der Waals surface area contributed by atoms with Crippen LogP contribution in [0.15, 0.2) is 48.5 Å².